The van der Waals surface area contributed by atoms with Crippen molar-refractivity contribution in [2.75, 3.05) is 0 Å². The van der Waals surface area contributed by atoms with Gasteiger partial charge in [-0.2, -0.15) is 0 Å². The molecule has 0 aliphatic carbocycles. The van der Waals surface area contributed by atoms with Crippen LogP contribution in [0.15, 0.2) is 23.3 Å². The molecule has 1 aliphatic heterocycles. The minimum absolute atomic E-state index is 0.00705. The van der Waals surface area contributed by atoms with E-state index in [4.69, 9.17) is 13.8 Å². The molecule has 7 heteroatoms. The average molecular weight is 473 g/mol. The zero-order valence-electron chi connectivity index (χ0n) is 20.3. The first kappa shape index (κ1) is 28.4. The van der Waals surface area contributed by atoms with E-state index in [0.717, 1.165) is 24.8 Å². The third kappa shape index (κ3) is 8.04. The van der Waals surface area contributed by atoms with E-state index in [2.05, 4.69) is 38.9 Å². The lowest BCUT2D eigenvalue weighted by Crippen LogP contribution is -2.46. The van der Waals surface area contributed by atoms with Crippen molar-refractivity contribution < 1.29 is 23.4 Å². The summed E-state index contributed by atoms with van der Waals surface area (Å²) in [4.78, 5) is 26.3. The van der Waals surface area contributed by atoms with Gasteiger partial charge in [0.05, 0.1) is 24.0 Å². The second-order valence-electron chi connectivity index (χ2n) is 9.47. The van der Waals surface area contributed by atoms with E-state index in [1.165, 1.54) is 5.57 Å². The second kappa shape index (κ2) is 13.2. The van der Waals surface area contributed by atoms with Crippen LogP contribution in [0.1, 0.15) is 80.6 Å². The molecule has 5 nitrogen and oxygen atoms in total. The Morgan fingerprint density at radius 2 is 1.87 bits per heavy atom. The number of carbonyl (C=O) groups excluding carboxylic acids is 2. The van der Waals surface area contributed by atoms with Crippen LogP contribution >= 0.6 is 18.9 Å². The first-order chi connectivity index (χ1) is 14.5. The first-order valence-electron chi connectivity index (χ1n) is 11.2. The largest absolute Gasteiger partial charge is 0.457 e. The lowest BCUT2D eigenvalue weighted by molar-refractivity contribution is -0.152. The Labute approximate surface area is 193 Å². The molecule has 31 heavy (non-hydrogen) atoms. The number of rotatable bonds is 3. The summed E-state index contributed by atoms with van der Waals surface area (Å²) in [6, 6.07) is 0. The predicted molar refractivity (Wildman–Crippen MR) is 132 cm³/mol. The summed E-state index contributed by atoms with van der Waals surface area (Å²) in [6.07, 6.45) is 6.62. The third-order valence-corrected chi connectivity index (χ3v) is 7.37. The summed E-state index contributed by atoms with van der Waals surface area (Å²) in [5, 5.41) is 0. The van der Waals surface area contributed by atoms with Gasteiger partial charge in [0.1, 0.15) is 11.9 Å². The van der Waals surface area contributed by atoms with E-state index in [-0.39, 0.29) is 42.2 Å². The SMILES string of the molecule is C/C=C(\C)C1C/C=C(/C)CCCC(C)C(OP)C(C)C(=O)C(C)(C)C(OP)CC(=O)O1. The van der Waals surface area contributed by atoms with Crippen molar-refractivity contribution >= 4 is 30.7 Å². The smallest absolute Gasteiger partial charge is 0.309 e. The number of carbonyl (C=O) groups is 2. The van der Waals surface area contributed by atoms with Gasteiger partial charge in [-0.3, -0.25) is 9.59 Å². The molecule has 0 N–H and O–H groups in total. The van der Waals surface area contributed by atoms with Crippen LogP contribution in [0.3, 0.4) is 0 Å². The number of ketones is 1. The maximum absolute atomic E-state index is 13.5. The van der Waals surface area contributed by atoms with E-state index in [1.54, 1.807) is 0 Å². The van der Waals surface area contributed by atoms with Crippen molar-refractivity contribution in [3.8, 4) is 0 Å². The Morgan fingerprint density at radius 1 is 1.23 bits per heavy atom. The first-order valence-corrected chi connectivity index (χ1v) is 12.2. The van der Waals surface area contributed by atoms with Gasteiger partial charge in [-0.15, -0.1) is 0 Å². The molecule has 178 valence electrons. The van der Waals surface area contributed by atoms with Gasteiger partial charge in [-0.25, -0.2) is 0 Å². The quantitative estimate of drug-likeness (QED) is 0.287. The van der Waals surface area contributed by atoms with Gasteiger partial charge in [0.15, 0.2) is 0 Å². The molecule has 0 fully saturated rings. The predicted octanol–water partition coefficient (Wildman–Crippen LogP) is 5.99. The highest BCUT2D eigenvalue weighted by atomic mass is 31.0. The van der Waals surface area contributed by atoms with Gasteiger partial charge in [0.2, 0.25) is 0 Å². The van der Waals surface area contributed by atoms with Crippen molar-refractivity contribution in [3.63, 3.8) is 0 Å². The van der Waals surface area contributed by atoms with Crippen LogP contribution in [0.4, 0.5) is 0 Å². The number of hydrogen-bond donors (Lipinski definition) is 0. The Bertz CT molecular complexity index is 671. The molecule has 0 aromatic heterocycles. The number of Topliss-reactive ketones (excluding diaryl/α,β-unsaturated/α-hetero) is 1. The number of ether oxygens (including phenoxy) is 1. The van der Waals surface area contributed by atoms with Crippen LogP contribution in [-0.4, -0.2) is 30.1 Å². The second-order valence-corrected chi connectivity index (χ2v) is 10.0. The number of cyclic esters (lactones) is 1. The number of allylic oxidation sites excluding steroid dienone is 2. The van der Waals surface area contributed by atoms with Gasteiger partial charge in [-0.05, 0) is 51.5 Å². The maximum Gasteiger partial charge on any atom is 0.309 e. The topological polar surface area (TPSA) is 61.8 Å². The maximum atomic E-state index is 13.5. The molecule has 0 aromatic rings. The molecule has 7 unspecified atom stereocenters. The van der Waals surface area contributed by atoms with Crippen LogP contribution in [0.5, 0.6) is 0 Å². The average Bonchev–Trinajstić information content (AvgIpc) is 2.73. The molecule has 0 saturated carbocycles. The van der Waals surface area contributed by atoms with Gasteiger partial charge >= 0.3 is 5.97 Å². The molecule has 0 radical (unpaired) electrons. The van der Waals surface area contributed by atoms with Crippen LogP contribution in [-0.2, 0) is 23.4 Å². The number of esters is 1. The minimum atomic E-state index is -0.875. The van der Waals surface area contributed by atoms with Crippen LogP contribution in [0.2, 0.25) is 0 Å². The van der Waals surface area contributed by atoms with Crippen LogP contribution in [0, 0.1) is 17.3 Å². The van der Waals surface area contributed by atoms with E-state index >= 15 is 0 Å². The fraction of sp³-hybridized carbons (Fsp3) is 0.750. The monoisotopic (exact) mass is 472 g/mol. The van der Waals surface area contributed by atoms with E-state index in [1.807, 2.05) is 40.7 Å². The summed E-state index contributed by atoms with van der Waals surface area (Å²) < 4.78 is 17.1. The summed E-state index contributed by atoms with van der Waals surface area (Å²) in [7, 11) is 4.54. The summed E-state index contributed by atoms with van der Waals surface area (Å²) in [5.41, 5.74) is 1.42. The van der Waals surface area contributed by atoms with Crippen molar-refractivity contribution in [1.82, 2.24) is 0 Å². The highest BCUT2D eigenvalue weighted by Gasteiger charge is 2.43. The lowest BCUT2D eigenvalue weighted by Gasteiger charge is -2.37. The number of hydrogen-bond acceptors (Lipinski definition) is 5. The molecule has 1 aliphatic rings. The van der Waals surface area contributed by atoms with Crippen molar-refractivity contribution in [3.05, 3.63) is 23.3 Å². The lowest BCUT2D eigenvalue weighted by atomic mass is 9.73. The molecular formula is C24H42O5P2. The fourth-order valence-electron chi connectivity index (χ4n) is 4.26. The zero-order chi connectivity index (χ0) is 23.8. The standard InChI is InChI=1S/C24H42O5P2/c1-8-16(3)19-13-12-15(2)10-9-11-17(4)22(29-31)18(5)23(26)24(6,7)20(28-30)14-21(25)27-19/h8,12,17-20,22H,9-11,13-14,30-31H2,1-7H3/b15-12-,16-8+. The van der Waals surface area contributed by atoms with Crippen molar-refractivity contribution in [1.29, 1.82) is 0 Å². The minimum Gasteiger partial charge on any atom is -0.457 e. The Hall–Kier alpha value is -0.600. The molecule has 7 atom stereocenters. The van der Waals surface area contributed by atoms with E-state index in [9.17, 15) is 9.59 Å². The van der Waals surface area contributed by atoms with E-state index < -0.39 is 11.5 Å². The molecule has 0 aromatic carbocycles. The molecule has 0 saturated heterocycles. The summed E-state index contributed by atoms with van der Waals surface area (Å²) >= 11 is 0. The van der Waals surface area contributed by atoms with Crippen molar-refractivity contribution in [2.45, 2.75) is 98.9 Å². The van der Waals surface area contributed by atoms with Gasteiger partial charge in [0.25, 0.3) is 0 Å². The Balaban J connectivity index is 3.29. The molecule has 0 amide bonds. The highest BCUT2D eigenvalue weighted by molar-refractivity contribution is 7.10. The van der Waals surface area contributed by atoms with Crippen molar-refractivity contribution in [2.24, 2.45) is 17.3 Å². The van der Waals surface area contributed by atoms with Gasteiger partial charge < -0.3 is 13.8 Å². The molecule has 0 bridgehead atoms. The summed E-state index contributed by atoms with van der Waals surface area (Å²) in [6.45, 7) is 13.8. The van der Waals surface area contributed by atoms with E-state index in [0.29, 0.717) is 6.42 Å². The molecule has 1 heterocycles. The van der Waals surface area contributed by atoms with Crippen LogP contribution < -0.4 is 0 Å². The van der Waals surface area contributed by atoms with Gasteiger partial charge in [0, 0.05) is 31.3 Å². The zero-order valence-corrected chi connectivity index (χ0v) is 22.6. The molecule has 1 rings (SSSR count). The van der Waals surface area contributed by atoms with Crippen LogP contribution in [0.25, 0.3) is 0 Å². The molecular weight excluding hydrogens is 430 g/mol. The Morgan fingerprint density at radius 3 is 2.42 bits per heavy atom. The van der Waals surface area contributed by atoms with Gasteiger partial charge in [-0.1, -0.05) is 45.4 Å². The summed E-state index contributed by atoms with van der Waals surface area (Å²) in [5.74, 6) is -0.441. The Kier molecular flexibility index (Phi) is 12.1. The highest BCUT2D eigenvalue weighted by Crippen LogP contribution is 2.36. The third-order valence-electron chi connectivity index (χ3n) is 6.73. The normalized spacial score (nSPS) is 34.0. The fourth-order valence-corrected chi connectivity index (χ4v) is 5.20. The molecule has 0 spiro atoms.